The van der Waals surface area contributed by atoms with Crippen molar-refractivity contribution in [3.63, 3.8) is 0 Å². The van der Waals surface area contributed by atoms with E-state index in [1.807, 2.05) is 11.8 Å². The first-order chi connectivity index (χ1) is 8.35. The molecule has 2 aliphatic heterocycles. The van der Waals surface area contributed by atoms with Gasteiger partial charge in [-0.05, 0) is 17.9 Å². The lowest BCUT2D eigenvalue weighted by atomic mass is 9.80. The molecule has 1 amide bonds. The fourth-order valence-corrected chi connectivity index (χ4v) is 3.86. The second-order valence-electron chi connectivity index (χ2n) is 5.81. The fourth-order valence-electron chi connectivity index (χ4n) is 2.61. The number of fused-ring (bicyclic) bond motifs is 1. The molecule has 0 aromatic carbocycles. The van der Waals surface area contributed by atoms with E-state index in [9.17, 15) is 10.1 Å². The number of hydrogen-bond donors (Lipinski definition) is 0. The number of nitrogens with zero attached hydrogens (tertiary/aromatic N) is 2. The van der Waals surface area contributed by atoms with Gasteiger partial charge in [0.2, 0.25) is 0 Å². The standard InChI is InChI=1S/C14H18N2OS/c1-8(2)12-11-7-18-14(3,4)5-9(11)10(6-15)13(17)16-12/h8,11H,5,7H2,1-4H3. The summed E-state index contributed by atoms with van der Waals surface area (Å²) in [4.78, 5) is 16.1. The number of nitriles is 1. The Labute approximate surface area is 112 Å². The third-order valence-corrected chi connectivity index (χ3v) is 4.93. The summed E-state index contributed by atoms with van der Waals surface area (Å²) in [6.45, 7) is 8.46. The Bertz CT molecular complexity index is 494. The van der Waals surface area contributed by atoms with Crippen molar-refractivity contribution in [2.45, 2.75) is 38.9 Å². The number of carbonyl (C=O) groups excluding carboxylic acids is 1. The SMILES string of the molecule is CC(C)C1=NC(=O)C(C#N)=C2CC(C)(C)SCC12. The molecule has 1 unspecified atom stereocenters. The summed E-state index contributed by atoms with van der Waals surface area (Å²) in [6, 6.07) is 2.06. The van der Waals surface area contributed by atoms with Crippen LogP contribution in [-0.2, 0) is 4.79 Å². The predicted molar refractivity (Wildman–Crippen MR) is 74.6 cm³/mol. The van der Waals surface area contributed by atoms with Crippen LogP contribution in [0.5, 0.6) is 0 Å². The van der Waals surface area contributed by atoms with Gasteiger partial charge in [0.05, 0.1) is 0 Å². The topological polar surface area (TPSA) is 53.2 Å². The van der Waals surface area contributed by atoms with E-state index in [-0.39, 0.29) is 28.1 Å². The van der Waals surface area contributed by atoms with Crippen LogP contribution in [0.2, 0.25) is 0 Å². The third kappa shape index (κ3) is 2.24. The van der Waals surface area contributed by atoms with Gasteiger partial charge in [0, 0.05) is 22.1 Å². The van der Waals surface area contributed by atoms with E-state index in [2.05, 4.69) is 38.8 Å². The first-order valence-corrected chi connectivity index (χ1v) is 7.24. The molecule has 2 rings (SSSR count). The first-order valence-electron chi connectivity index (χ1n) is 6.25. The van der Waals surface area contributed by atoms with Gasteiger partial charge in [-0.1, -0.05) is 27.7 Å². The van der Waals surface area contributed by atoms with Crippen molar-refractivity contribution in [1.29, 1.82) is 5.26 Å². The largest absolute Gasteiger partial charge is 0.287 e. The Morgan fingerprint density at radius 3 is 2.72 bits per heavy atom. The highest BCUT2D eigenvalue weighted by Crippen LogP contribution is 2.45. The van der Waals surface area contributed by atoms with E-state index in [0.29, 0.717) is 0 Å². The zero-order chi connectivity index (χ0) is 13.5. The summed E-state index contributed by atoms with van der Waals surface area (Å²) in [5.41, 5.74) is 2.26. The summed E-state index contributed by atoms with van der Waals surface area (Å²) < 4.78 is 0.105. The maximum absolute atomic E-state index is 11.9. The minimum atomic E-state index is -0.338. The summed E-state index contributed by atoms with van der Waals surface area (Å²) in [7, 11) is 0. The van der Waals surface area contributed by atoms with Crippen LogP contribution in [0.25, 0.3) is 0 Å². The van der Waals surface area contributed by atoms with Gasteiger partial charge in [-0.15, -0.1) is 0 Å². The van der Waals surface area contributed by atoms with Gasteiger partial charge in [0.1, 0.15) is 11.6 Å². The highest BCUT2D eigenvalue weighted by molar-refractivity contribution is 8.00. The summed E-state index contributed by atoms with van der Waals surface area (Å²) >= 11 is 1.91. The number of rotatable bonds is 1. The van der Waals surface area contributed by atoms with E-state index in [1.165, 1.54) is 0 Å². The molecule has 1 fully saturated rings. The molecule has 1 atom stereocenters. The number of hydrogen-bond acceptors (Lipinski definition) is 3. The van der Waals surface area contributed by atoms with E-state index < -0.39 is 0 Å². The van der Waals surface area contributed by atoms with Crippen LogP contribution in [0.3, 0.4) is 0 Å². The maximum atomic E-state index is 11.9. The molecule has 0 saturated carbocycles. The average Bonchev–Trinajstić information content (AvgIpc) is 2.26. The van der Waals surface area contributed by atoms with Gasteiger partial charge in [-0.3, -0.25) is 4.79 Å². The van der Waals surface area contributed by atoms with Crippen molar-refractivity contribution in [2.24, 2.45) is 16.8 Å². The molecule has 0 radical (unpaired) electrons. The zero-order valence-corrected chi connectivity index (χ0v) is 12.1. The Balaban J connectivity index is 2.47. The molecule has 0 spiro atoms. The van der Waals surface area contributed by atoms with Crippen LogP contribution in [0.1, 0.15) is 34.1 Å². The van der Waals surface area contributed by atoms with Crippen LogP contribution >= 0.6 is 11.8 Å². The number of thioether (sulfide) groups is 1. The van der Waals surface area contributed by atoms with E-state index in [4.69, 9.17) is 0 Å². The van der Waals surface area contributed by atoms with E-state index in [1.54, 1.807) is 0 Å². The molecule has 96 valence electrons. The van der Waals surface area contributed by atoms with Crippen LogP contribution in [-0.4, -0.2) is 22.1 Å². The lowest BCUT2D eigenvalue weighted by Gasteiger charge is -2.39. The molecular weight excluding hydrogens is 244 g/mol. The summed E-state index contributed by atoms with van der Waals surface area (Å²) in [6.07, 6.45) is 0.808. The fraction of sp³-hybridized carbons (Fsp3) is 0.643. The molecular formula is C14H18N2OS. The lowest BCUT2D eigenvalue weighted by Crippen LogP contribution is -2.38. The second-order valence-corrected chi connectivity index (χ2v) is 7.54. The molecule has 0 aliphatic carbocycles. The van der Waals surface area contributed by atoms with E-state index in [0.717, 1.165) is 23.5 Å². The average molecular weight is 262 g/mol. The molecule has 1 saturated heterocycles. The van der Waals surface area contributed by atoms with Gasteiger partial charge < -0.3 is 0 Å². The molecule has 0 N–H and O–H groups in total. The van der Waals surface area contributed by atoms with Gasteiger partial charge in [-0.25, -0.2) is 4.99 Å². The number of allylic oxidation sites excluding steroid dienone is 1. The maximum Gasteiger partial charge on any atom is 0.287 e. The molecule has 2 heterocycles. The van der Waals surface area contributed by atoms with Crippen molar-refractivity contribution in [2.75, 3.05) is 5.75 Å². The smallest absolute Gasteiger partial charge is 0.266 e. The van der Waals surface area contributed by atoms with E-state index >= 15 is 0 Å². The minimum Gasteiger partial charge on any atom is -0.266 e. The Kier molecular flexibility index (Phi) is 3.37. The van der Waals surface area contributed by atoms with Gasteiger partial charge in [0.15, 0.2) is 0 Å². The summed E-state index contributed by atoms with van der Waals surface area (Å²) in [5.74, 6) is 1.04. The van der Waals surface area contributed by atoms with Gasteiger partial charge in [-0.2, -0.15) is 17.0 Å². The zero-order valence-electron chi connectivity index (χ0n) is 11.3. The molecule has 0 aromatic heterocycles. The molecule has 0 bridgehead atoms. The molecule has 4 heteroatoms. The van der Waals surface area contributed by atoms with Crippen LogP contribution in [0.4, 0.5) is 0 Å². The Hall–Kier alpha value is -1.08. The highest BCUT2D eigenvalue weighted by Gasteiger charge is 2.40. The molecule has 3 nitrogen and oxygen atoms in total. The minimum absolute atomic E-state index is 0.105. The van der Waals surface area contributed by atoms with Crippen LogP contribution in [0, 0.1) is 23.2 Å². The number of dihydropyridines is 1. The lowest BCUT2D eigenvalue weighted by molar-refractivity contribution is -0.114. The van der Waals surface area contributed by atoms with Crippen LogP contribution < -0.4 is 0 Å². The second kappa shape index (κ2) is 4.55. The normalized spacial score (nSPS) is 26.8. The molecule has 0 aromatic rings. The highest BCUT2D eigenvalue weighted by atomic mass is 32.2. The number of carbonyl (C=O) groups is 1. The predicted octanol–water partition coefficient (Wildman–Crippen LogP) is 2.98. The Morgan fingerprint density at radius 1 is 1.50 bits per heavy atom. The van der Waals surface area contributed by atoms with Crippen LogP contribution in [0.15, 0.2) is 16.1 Å². The van der Waals surface area contributed by atoms with Crippen molar-refractivity contribution >= 4 is 23.4 Å². The third-order valence-electron chi connectivity index (χ3n) is 3.50. The van der Waals surface area contributed by atoms with Crippen molar-refractivity contribution in [3.05, 3.63) is 11.1 Å². The van der Waals surface area contributed by atoms with Crippen molar-refractivity contribution in [1.82, 2.24) is 0 Å². The quantitative estimate of drug-likeness (QED) is 0.730. The van der Waals surface area contributed by atoms with Crippen molar-refractivity contribution in [3.8, 4) is 6.07 Å². The summed E-state index contributed by atoms with van der Waals surface area (Å²) in [5, 5.41) is 9.19. The number of amides is 1. The Morgan fingerprint density at radius 2 is 2.17 bits per heavy atom. The number of aliphatic imine (C=N–C) groups is 1. The monoisotopic (exact) mass is 262 g/mol. The van der Waals surface area contributed by atoms with Gasteiger partial charge >= 0.3 is 0 Å². The first kappa shape index (κ1) is 13.4. The van der Waals surface area contributed by atoms with Crippen molar-refractivity contribution < 1.29 is 4.79 Å². The molecule has 18 heavy (non-hydrogen) atoms. The molecule has 2 aliphatic rings. The van der Waals surface area contributed by atoms with Gasteiger partial charge in [0.25, 0.3) is 5.91 Å².